The number of aliphatic hydroxyl groups is 1. The Morgan fingerprint density at radius 1 is 1.20 bits per heavy atom. The minimum Gasteiger partial charge on any atom is -0.487 e. The van der Waals surface area contributed by atoms with Gasteiger partial charge in [0.1, 0.15) is 30.5 Å². The van der Waals surface area contributed by atoms with E-state index >= 15 is 0 Å². The molecule has 1 saturated carbocycles. The average molecular weight is 656 g/mol. The summed E-state index contributed by atoms with van der Waals surface area (Å²) in [6, 6.07) is 5.84. The number of hydrogen-bond donors (Lipinski definition) is 4. The molecule has 14 heteroatoms. The zero-order valence-corrected chi connectivity index (χ0v) is 27.6. The van der Waals surface area contributed by atoms with E-state index in [-0.39, 0.29) is 12.7 Å². The summed E-state index contributed by atoms with van der Waals surface area (Å²) < 4.78 is 18.8. The molecule has 3 aromatic rings. The summed E-state index contributed by atoms with van der Waals surface area (Å²) in [5.74, 6) is 1.35. The third-order valence-corrected chi connectivity index (χ3v) is 7.46. The van der Waals surface area contributed by atoms with Gasteiger partial charge in [0, 0.05) is 31.0 Å². The fraction of sp³-hybridized carbons (Fsp3) is 0.531. The number of nitrogens with two attached hydrogens (primary N) is 1. The SMILES string of the molecule is C1COCCN1.C[C@@H](CN=CN=CN)Oc1cc(-c2cnc(Nc3cn(C4CCCCC4)nc3OCC(C)(C)O)nc2)ccc1Cl. The number of aliphatic imine (C=N–C) groups is 2. The highest BCUT2D eigenvalue weighted by Crippen LogP contribution is 2.34. The molecule has 1 aromatic carbocycles. The third kappa shape index (κ3) is 11.5. The van der Waals surface area contributed by atoms with Gasteiger partial charge in [-0.15, -0.1) is 5.10 Å². The number of rotatable bonds is 12. The molecule has 13 nitrogen and oxygen atoms in total. The Morgan fingerprint density at radius 2 is 1.93 bits per heavy atom. The van der Waals surface area contributed by atoms with Gasteiger partial charge < -0.3 is 35.7 Å². The summed E-state index contributed by atoms with van der Waals surface area (Å²) in [5, 5.41) is 21.7. The first kappa shape index (κ1) is 35.1. The van der Waals surface area contributed by atoms with Crippen LogP contribution in [-0.4, -0.2) is 88.7 Å². The van der Waals surface area contributed by atoms with Crippen molar-refractivity contribution in [1.82, 2.24) is 25.1 Å². The van der Waals surface area contributed by atoms with Crippen molar-refractivity contribution in [3.05, 3.63) is 41.8 Å². The van der Waals surface area contributed by atoms with E-state index in [0.29, 0.717) is 40.9 Å². The number of ether oxygens (including phenoxy) is 3. The van der Waals surface area contributed by atoms with Gasteiger partial charge in [0.2, 0.25) is 5.95 Å². The van der Waals surface area contributed by atoms with Gasteiger partial charge in [0.25, 0.3) is 5.88 Å². The second kappa shape index (κ2) is 17.8. The summed E-state index contributed by atoms with van der Waals surface area (Å²) in [6.45, 7) is 9.63. The topological polar surface area (TPSA) is 166 Å². The van der Waals surface area contributed by atoms with E-state index in [4.69, 9.17) is 31.5 Å². The van der Waals surface area contributed by atoms with Crippen LogP contribution in [0.15, 0.2) is 46.8 Å². The van der Waals surface area contributed by atoms with Crippen molar-refractivity contribution in [3.8, 4) is 22.8 Å². The highest BCUT2D eigenvalue weighted by molar-refractivity contribution is 6.32. The highest BCUT2D eigenvalue weighted by atomic mass is 35.5. The van der Waals surface area contributed by atoms with Crippen LogP contribution in [0.25, 0.3) is 11.1 Å². The molecule has 2 fully saturated rings. The van der Waals surface area contributed by atoms with Gasteiger partial charge in [-0.2, -0.15) is 0 Å². The molecular weight excluding hydrogens is 610 g/mol. The van der Waals surface area contributed by atoms with Crippen LogP contribution in [0.1, 0.15) is 58.9 Å². The molecule has 1 aliphatic heterocycles. The molecule has 250 valence electrons. The summed E-state index contributed by atoms with van der Waals surface area (Å²) in [6.07, 6.45) is 13.5. The number of morpholine rings is 1. The number of hydrogen-bond acceptors (Lipinski definition) is 10. The maximum absolute atomic E-state index is 10.2. The molecule has 1 saturated heterocycles. The van der Waals surface area contributed by atoms with Crippen LogP contribution in [0.2, 0.25) is 5.02 Å². The molecule has 1 atom stereocenters. The molecule has 46 heavy (non-hydrogen) atoms. The lowest BCUT2D eigenvalue weighted by atomic mass is 9.96. The molecule has 2 aromatic heterocycles. The van der Waals surface area contributed by atoms with E-state index in [0.717, 1.165) is 50.3 Å². The fourth-order valence-corrected chi connectivity index (χ4v) is 4.99. The van der Waals surface area contributed by atoms with E-state index in [1.807, 2.05) is 29.9 Å². The molecule has 0 radical (unpaired) electrons. The zero-order chi connectivity index (χ0) is 32.8. The smallest absolute Gasteiger partial charge is 0.257 e. The van der Waals surface area contributed by atoms with Crippen molar-refractivity contribution in [1.29, 1.82) is 0 Å². The van der Waals surface area contributed by atoms with Crippen molar-refractivity contribution >= 4 is 35.9 Å². The fourth-order valence-electron chi connectivity index (χ4n) is 4.83. The van der Waals surface area contributed by atoms with Crippen molar-refractivity contribution in [3.63, 3.8) is 0 Å². The van der Waals surface area contributed by atoms with Crippen molar-refractivity contribution < 1.29 is 19.3 Å². The van der Waals surface area contributed by atoms with Crippen LogP contribution in [0.3, 0.4) is 0 Å². The predicted molar refractivity (Wildman–Crippen MR) is 182 cm³/mol. The maximum Gasteiger partial charge on any atom is 0.257 e. The molecule has 0 bridgehead atoms. The number of nitrogens with zero attached hydrogens (tertiary/aromatic N) is 6. The first-order valence-electron chi connectivity index (χ1n) is 15.7. The number of nitrogens with one attached hydrogen (secondary N) is 2. The molecule has 0 unspecified atom stereocenters. The van der Waals surface area contributed by atoms with Crippen molar-refractivity contribution in [2.75, 3.05) is 44.8 Å². The third-order valence-electron chi connectivity index (χ3n) is 7.14. The van der Waals surface area contributed by atoms with Crippen LogP contribution in [0, 0.1) is 0 Å². The van der Waals surface area contributed by atoms with Crippen molar-refractivity contribution in [2.24, 2.45) is 15.7 Å². The number of aromatic nitrogens is 4. The lowest BCUT2D eigenvalue weighted by Gasteiger charge is -2.21. The molecule has 1 aliphatic carbocycles. The normalized spacial score (nSPS) is 16.6. The molecule has 0 spiro atoms. The molecule has 5 N–H and O–H groups in total. The lowest BCUT2D eigenvalue weighted by Crippen LogP contribution is -2.30. The van der Waals surface area contributed by atoms with Crippen LogP contribution in [-0.2, 0) is 4.74 Å². The van der Waals surface area contributed by atoms with Gasteiger partial charge >= 0.3 is 0 Å². The summed E-state index contributed by atoms with van der Waals surface area (Å²) in [5.41, 5.74) is 6.52. The second-order valence-corrected chi connectivity index (χ2v) is 12.3. The molecular formula is C32H46ClN9O4. The summed E-state index contributed by atoms with van der Waals surface area (Å²) >= 11 is 6.37. The monoisotopic (exact) mass is 655 g/mol. The van der Waals surface area contributed by atoms with Gasteiger partial charge in [0.15, 0.2) is 0 Å². The Morgan fingerprint density at radius 3 is 2.57 bits per heavy atom. The second-order valence-electron chi connectivity index (χ2n) is 11.9. The maximum atomic E-state index is 10.2. The predicted octanol–water partition coefficient (Wildman–Crippen LogP) is 4.78. The average Bonchev–Trinajstić information content (AvgIpc) is 3.47. The Balaban J connectivity index is 0.000000717. The van der Waals surface area contributed by atoms with Crippen LogP contribution < -0.4 is 25.8 Å². The van der Waals surface area contributed by atoms with Crippen molar-refractivity contribution in [2.45, 2.75) is 70.6 Å². The zero-order valence-electron chi connectivity index (χ0n) is 26.9. The van der Waals surface area contributed by atoms with E-state index in [2.05, 4.69) is 35.7 Å². The summed E-state index contributed by atoms with van der Waals surface area (Å²) in [7, 11) is 0. The van der Waals surface area contributed by atoms with Crippen LogP contribution in [0.5, 0.6) is 11.6 Å². The summed E-state index contributed by atoms with van der Waals surface area (Å²) in [4.78, 5) is 16.9. The quantitative estimate of drug-likeness (QED) is 0.157. The van der Waals surface area contributed by atoms with Gasteiger partial charge in [0.05, 0.1) is 49.0 Å². The van der Waals surface area contributed by atoms with E-state index in [9.17, 15) is 5.11 Å². The lowest BCUT2D eigenvalue weighted by molar-refractivity contribution is 0.0267. The minimum absolute atomic E-state index is 0.108. The Bertz CT molecular complexity index is 1390. The van der Waals surface area contributed by atoms with Gasteiger partial charge in [-0.3, -0.25) is 9.67 Å². The highest BCUT2D eigenvalue weighted by Gasteiger charge is 2.22. The standard InChI is InChI=1S/C28H37ClN8O3.C4H9NO/c1-19(12-31-18-32-17-30)40-25-11-20(9-10-23(25)29)21-13-33-27(34-14-21)35-24-15-37(22-7-5-4-6-8-22)36-26(24)39-16-28(2,3)38;1-3-6-4-2-5-1/h9-11,13-15,17-19,22,38H,4-8,12,16H2,1-3H3,(H2,30,31,32)(H,33,34,35);5H,1-4H2/t19-;/m0./s1. The minimum atomic E-state index is -0.991. The first-order chi connectivity index (χ1) is 22.2. The van der Waals surface area contributed by atoms with Gasteiger partial charge in [-0.05, 0) is 51.3 Å². The number of benzene rings is 1. The Kier molecular flexibility index (Phi) is 13.6. The largest absolute Gasteiger partial charge is 0.487 e. The first-order valence-corrected chi connectivity index (χ1v) is 16.1. The molecule has 0 amide bonds. The van der Waals surface area contributed by atoms with E-state index in [1.165, 1.54) is 31.9 Å². The van der Waals surface area contributed by atoms with Gasteiger partial charge in [-0.25, -0.2) is 15.0 Å². The van der Waals surface area contributed by atoms with E-state index < -0.39 is 5.60 Å². The number of halogens is 1. The van der Waals surface area contributed by atoms with Gasteiger partial charge in [-0.1, -0.05) is 36.9 Å². The van der Waals surface area contributed by atoms with E-state index in [1.54, 1.807) is 32.3 Å². The van der Waals surface area contributed by atoms with Crippen LogP contribution in [0.4, 0.5) is 11.6 Å². The molecule has 3 heterocycles. The Hall–Kier alpha value is -3.78. The van der Waals surface area contributed by atoms with Crippen LogP contribution >= 0.6 is 11.6 Å². The molecule has 2 aliphatic rings. The Labute approximate surface area is 275 Å². The molecule has 5 rings (SSSR count). The number of anilines is 2.